The SMILES string of the molecule is COCCOCCOCCOc1ccc(-c2c3nc(c(-c4ccc(O)cc4)c4ccc([nH]4)c(-c4ccc(O)cc4)c4nc(c(-c5ccc(O)cc5)c5ccc2[nH]5)C=C4)C=C3)cc1. The molecule has 11 heteroatoms. The van der Waals surface area contributed by atoms with Gasteiger partial charge < -0.3 is 44.2 Å². The van der Waals surface area contributed by atoms with E-state index >= 15 is 0 Å². The molecule has 7 aromatic rings. The summed E-state index contributed by atoms with van der Waals surface area (Å²) in [4.78, 5) is 18.0. The molecular weight excluding hydrogens is 781 g/mol. The van der Waals surface area contributed by atoms with Crippen LogP contribution in [0.2, 0.25) is 0 Å². The molecule has 5 heterocycles. The number of aromatic hydroxyl groups is 3. The Morgan fingerprint density at radius 3 is 1.03 bits per heavy atom. The Bertz CT molecular complexity index is 2890. The summed E-state index contributed by atoms with van der Waals surface area (Å²) in [6.07, 6.45) is 8.05. The fourth-order valence-electron chi connectivity index (χ4n) is 7.71. The maximum atomic E-state index is 10.3. The van der Waals surface area contributed by atoms with Crippen LogP contribution in [0.4, 0.5) is 0 Å². The number of H-pyrrole nitrogens is 2. The molecule has 62 heavy (non-hydrogen) atoms. The number of hydrogen-bond acceptors (Lipinski definition) is 9. The largest absolute Gasteiger partial charge is 0.508 e. The lowest BCUT2D eigenvalue weighted by molar-refractivity contribution is 0.0180. The molecule has 0 saturated carbocycles. The predicted molar refractivity (Wildman–Crippen MR) is 245 cm³/mol. The number of nitrogens with zero attached hydrogens (tertiary/aromatic N) is 2. The molecule has 3 aromatic heterocycles. The highest BCUT2D eigenvalue weighted by Gasteiger charge is 2.19. The van der Waals surface area contributed by atoms with Crippen LogP contribution < -0.4 is 4.74 Å². The van der Waals surface area contributed by atoms with Crippen LogP contribution in [-0.2, 0) is 14.2 Å². The molecule has 5 N–H and O–H groups in total. The highest BCUT2D eigenvalue weighted by molar-refractivity contribution is 5.99. The zero-order chi connectivity index (χ0) is 42.4. The Morgan fingerprint density at radius 2 is 0.694 bits per heavy atom. The van der Waals surface area contributed by atoms with E-state index in [1.807, 2.05) is 103 Å². The first-order valence-electron chi connectivity index (χ1n) is 20.3. The van der Waals surface area contributed by atoms with E-state index < -0.39 is 0 Å². The smallest absolute Gasteiger partial charge is 0.119 e. The van der Waals surface area contributed by atoms with E-state index in [4.69, 9.17) is 28.9 Å². The van der Waals surface area contributed by atoms with Gasteiger partial charge in [0.25, 0.3) is 0 Å². The van der Waals surface area contributed by atoms with Gasteiger partial charge in [0.15, 0.2) is 0 Å². The number of phenolic OH excluding ortho intramolecular Hbond substituents is 3. The quantitative estimate of drug-likeness (QED) is 0.0674. The lowest BCUT2D eigenvalue weighted by atomic mass is 10.0. The third kappa shape index (κ3) is 8.59. The van der Waals surface area contributed by atoms with Crippen molar-refractivity contribution in [2.24, 2.45) is 0 Å². The number of nitrogens with one attached hydrogen (secondary N) is 2. The summed E-state index contributed by atoms with van der Waals surface area (Å²) in [6, 6.07) is 37.4. The molecule has 0 fully saturated rings. The number of fused-ring (bicyclic) bond motifs is 8. The molecule has 310 valence electrons. The molecular formula is C51H44N4O7. The van der Waals surface area contributed by atoms with E-state index in [9.17, 15) is 15.3 Å². The number of aromatic nitrogens is 4. The van der Waals surface area contributed by atoms with Crippen molar-refractivity contribution < 1.29 is 34.3 Å². The first-order valence-corrected chi connectivity index (χ1v) is 20.3. The van der Waals surface area contributed by atoms with Crippen molar-refractivity contribution in [1.82, 2.24) is 19.9 Å². The molecule has 2 aliphatic heterocycles. The van der Waals surface area contributed by atoms with Gasteiger partial charge in [0.05, 0.1) is 55.8 Å². The summed E-state index contributed by atoms with van der Waals surface area (Å²) < 4.78 is 22.2. The third-order valence-corrected chi connectivity index (χ3v) is 10.7. The minimum atomic E-state index is 0.162. The average Bonchev–Trinajstić information content (AvgIpc) is 4.14. The number of methoxy groups -OCH3 is 1. The van der Waals surface area contributed by atoms with Crippen LogP contribution >= 0.6 is 0 Å². The Labute approximate surface area is 357 Å². The highest BCUT2D eigenvalue weighted by Crippen LogP contribution is 2.39. The van der Waals surface area contributed by atoms with Crippen LogP contribution in [0.5, 0.6) is 23.0 Å². The Balaban J connectivity index is 1.24. The Kier molecular flexibility index (Phi) is 11.6. The maximum Gasteiger partial charge on any atom is 0.119 e. The van der Waals surface area contributed by atoms with Crippen molar-refractivity contribution in [2.45, 2.75) is 0 Å². The number of phenols is 3. The van der Waals surface area contributed by atoms with Gasteiger partial charge in [-0.05, 0) is 119 Å². The first kappa shape index (κ1) is 40.0. The van der Waals surface area contributed by atoms with Gasteiger partial charge in [0, 0.05) is 51.4 Å². The molecule has 11 nitrogen and oxygen atoms in total. The highest BCUT2D eigenvalue weighted by atomic mass is 16.6. The van der Waals surface area contributed by atoms with Crippen LogP contribution in [0, 0.1) is 0 Å². The maximum absolute atomic E-state index is 10.3. The molecule has 0 atom stereocenters. The summed E-state index contributed by atoms with van der Waals surface area (Å²) in [5.41, 5.74) is 13.1. The zero-order valence-electron chi connectivity index (χ0n) is 34.0. The zero-order valence-corrected chi connectivity index (χ0v) is 34.0. The molecule has 0 saturated heterocycles. The average molecular weight is 825 g/mol. The summed E-state index contributed by atoms with van der Waals surface area (Å²) in [5.74, 6) is 1.20. The van der Waals surface area contributed by atoms with E-state index in [1.165, 1.54) is 0 Å². The summed E-state index contributed by atoms with van der Waals surface area (Å²) >= 11 is 0. The molecule has 0 radical (unpaired) electrons. The number of benzene rings is 4. The van der Waals surface area contributed by atoms with Crippen molar-refractivity contribution >= 4 is 46.4 Å². The second-order valence-corrected chi connectivity index (χ2v) is 14.7. The van der Waals surface area contributed by atoms with Crippen molar-refractivity contribution in [3.05, 3.63) is 144 Å². The Morgan fingerprint density at radius 1 is 0.387 bits per heavy atom. The van der Waals surface area contributed by atoms with E-state index in [0.29, 0.717) is 45.4 Å². The number of ether oxygens (including phenoxy) is 4. The molecule has 0 amide bonds. The van der Waals surface area contributed by atoms with Gasteiger partial charge >= 0.3 is 0 Å². The molecule has 2 aliphatic rings. The monoisotopic (exact) mass is 824 g/mol. The summed E-state index contributed by atoms with van der Waals surface area (Å²) in [5, 5.41) is 30.8. The topological polar surface area (TPSA) is 155 Å². The molecule has 8 bridgehead atoms. The molecule has 0 unspecified atom stereocenters. The van der Waals surface area contributed by atoms with Crippen LogP contribution in [0.1, 0.15) is 22.8 Å². The lowest BCUT2D eigenvalue weighted by Gasteiger charge is -2.09. The minimum Gasteiger partial charge on any atom is -0.508 e. The predicted octanol–water partition coefficient (Wildman–Crippen LogP) is 10.5. The second-order valence-electron chi connectivity index (χ2n) is 14.7. The van der Waals surface area contributed by atoms with Gasteiger partial charge in [-0.1, -0.05) is 48.5 Å². The number of rotatable bonds is 14. The van der Waals surface area contributed by atoms with Crippen molar-refractivity contribution in [1.29, 1.82) is 0 Å². The lowest BCUT2D eigenvalue weighted by Crippen LogP contribution is -2.12. The number of hydrogen-bond donors (Lipinski definition) is 5. The Hall–Kier alpha value is -7.44. The molecule has 0 aliphatic carbocycles. The third-order valence-electron chi connectivity index (χ3n) is 10.7. The first-order chi connectivity index (χ1) is 30.4. The van der Waals surface area contributed by atoms with Crippen LogP contribution in [0.25, 0.3) is 90.9 Å². The van der Waals surface area contributed by atoms with Crippen LogP contribution in [0.15, 0.2) is 121 Å². The van der Waals surface area contributed by atoms with Gasteiger partial charge in [-0.3, -0.25) is 0 Å². The van der Waals surface area contributed by atoms with Crippen molar-refractivity contribution in [3.8, 4) is 67.5 Å². The van der Waals surface area contributed by atoms with Crippen molar-refractivity contribution in [2.75, 3.05) is 46.8 Å². The van der Waals surface area contributed by atoms with E-state index in [2.05, 4.69) is 16.0 Å². The molecule has 9 rings (SSSR count). The van der Waals surface area contributed by atoms with Gasteiger partial charge in [-0.25, -0.2) is 9.97 Å². The fourth-order valence-corrected chi connectivity index (χ4v) is 7.71. The van der Waals surface area contributed by atoms with Gasteiger partial charge in [0.1, 0.15) is 29.6 Å². The van der Waals surface area contributed by atoms with E-state index in [-0.39, 0.29) is 17.2 Å². The van der Waals surface area contributed by atoms with Crippen LogP contribution in [0.3, 0.4) is 0 Å². The minimum absolute atomic E-state index is 0.162. The molecule has 0 spiro atoms. The summed E-state index contributed by atoms with van der Waals surface area (Å²) in [7, 11) is 1.64. The van der Waals surface area contributed by atoms with Gasteiger partial charge in [-0.15, -0.1) is 0 Å². The summed E-state index contributed by atoms with van der Waals surface area (Å²) in [6.45, 7) is 2.87. The molecule has 4 aromatic carbocycles. The standard InChI is InChI=1S/C51H44N4O7/c1-59-26-27-60-28-29-61-30-31-62-39-16-8-35(9-17-39)51-46-24-22-44(54-46)49(33-4-12-37(57)13-5-33)42-20-18-40(52-42)48(32-2-10-36(56)11-3-32)41-19-21-43(53-41)50(45-23-25-47(51)55-45)34-6-14-38(58)15-7-34/h2-25,52,55-58H,26-31H2,1H3. The van der Waals surface area contributed by atoms with Crippen LogP contribution in [-0.4, -0.2) is 82.0 Å². The van der Waals surface area contributed by atoms with Crippen molar-refractivity contribution in [3.63, 3.8) is 0 Å². The normalized spacial score (nSPS) is 12.0. The second kappa shape index (κ2) is 18.0. The fraction of sp³-hybridized carbons (Fsp3) is 0.137. The van der Waals surface area contributed by atoms with E-state index in [0.717, 1.165) is 89.4 Å². The van der Waals surface area contributed by atoms with Gasteiger partial charge in [0.2, 0.25) is 0 Å². The number of aromatic amines is 2. The van der Waals surface area contributed by atoms with Gasteiger partial charge in [-0.2, -0.15) is 0 Å². The van der Waals surface area contributed by atoms with E-state index in [1.54, 1.807) is 43.5 Å².